The lowest BCUT2D eigenvalue weighted by Gasteiger charge is -2.43. The number of rotatable bonds is 7. The van der Waals surface area contributed by atoms with Crippen molar-refractivity contribution < 1.29 is 14.4 Å². The lowest BCUT2D eigenvalue weighted by atomic mass is 9.64. The molecular weight excluding hydrogens is 330 g/mol. The van der Waals surface area contributed by atoms with Crippen molar-refractivity contribution in [2.24, 2.45) is 11.3 Å². The zero-order chi connectivity index (χ0) is 19.5. The first kappa shape index (κ1) is 20.7. The molecule has 0 bridgehead atoms. The summed E-state index contributed by atoms with van der Waals surface area (Å²) in [6.45, 7) is 10.3. The second-order valence-electron chi connectivity index (χ2n) is 9.22. The third-order valence-electron chi connectivity index (χ3n) is 5.57. The van der Waals surface area contributed by atoms with E-state index in [1.807, 2.05) is 6.92 Å². The molecule has 1 saturated heterocycles. The summed E-state index contributed by atoms with van der Waals surface area (Å²) in [6, 6.07) is -0.383. The monoisotopic (exact) mass is 365 g/mol. The Morgan fingerprint density at radius 2 is 2.00 bits per heavy atom. The Hall–Kier alpha value is -1.59. The SMILES string of the molecule is CCCCCC(C)NC(=O)CN1C(=O)NC2(CC(C)CC(C)(C)C2)C1=O. The number of unbranched alkanes of at least 4 members (excludes halogenated alkanes) is 2. The zero-order valence-electron chi connectivity index (χ0n) is 17.0. The number of nitrogens with zero attached hydrogens (tertiary/aromatic N) is 1. The maximum atomic E-state index is 13.0. The van der Waals surface area contributed by atoms with Gasteiger partial charge in [0.15, 0.2) is 0 Å². The van der Waals surface area contributed by atoms with Gasteiger partial charge in [0.1, 0.15) is 12.1 Å². The van der Waals surface area contributed by atoms with E-state index in [2.05, 4.69) is 38.3 Å². The van der Waals surface area contributed by atoms with Gasteiger partial charge in [-0.15, -0.1) is 0 Å². The van der Waals surface area contributed by atoms with Gasteiger partial charge in [0, 0.05) is 6.04 Å². The minimum Gasteiger partial charge on any atom is -0.352 e. The van der Waals surface area contributed by atoms with Gasteiger partial charge >= 0.3 is 6.03 Å². The predicted octanol–water partition coefficient (Wildman–Crippen LogP) is 3.21. The molecule has 26 heavy (non-hydrogen) atoms. The van der Waals surface area contributed by atoms with Crippen LogP contribution >= 0.6 is 0 Å². The molecule has 1 heterocycles. The van der Waals surface area contributed by atoms with Gasteiger partial charge in [-0.2, -0.15) is 0 Å². The predicted molar refractivity (Wildman–Crippen MR) is 102 cm³/mol. The lowest BCUT2D eigenvalue weighted by molar-refractivity contribution is -0.137. The van der Waals surface area contributed by atoms with Gasteiger partial charge in [0.25, 0.3) is 5.91 Å². The van der Waals surface area contributed by atoms with Crippen molar-refractivity contribution in [3.8, 4) is 0 Å². The van der Waals surface area contributed by atoms with Crippen LogP contribution in [-0.4, -0.2) is 40.9 Å². The standard InChI is InChI=1S/C20H35N3O3/c1-6-7-8-9-15(3)21-16(24)12-23-17(25)20(22-18(23)26)11-14(2)10-19(4,5)13-20/h14-15H,6-13H2,1-5H3,(H,21,24)(H,22,26). The van der Waals surface area contributed by atoms with E-state index in [4.69, 9.17) is 0 Å². The molecule has 2 N–H and O–H groups in total. The highest BCUT2D eigenvalue weighted by Crippen LogP contribution is 2.46. The van der Waals surface area contributed by atoms with Gasteiger partial charge in [0.05, 0.1) is 0 Å². The summed E-state index contributed by atoms with van der Waals surface area (Å²) in [5.74, 6) is -0.149. The molecule has 0 aromatic rings. The van der Waals surface area contributed by atoms with Crippen LogP contribution in [0.4, 0.5) is 4.79 Å². The molecule has 6 heteroatoms. The summed E-state index contributed by atoms with van der Waals surface area (Å²) in [7, 11) is 0. The Morgan fingerprint density at radius 1 is 1.31 bits per heavy atom. The molecule has 2 rings (SSSR count). The molecule has 0 aromatic carbocycles. The molecule has 1 spiro atoms. The van der Waals surface area contributed by atoms with Crippen LogP contribution in [0, 0.1) is 11.3 Å². The lowest BCUT2D eigenvalue weighted by Crippen LogP contribution is -2.54. The molecule has 3 atom stereocenters. The molecule has 0 aromatic heterocycles. The van der Waals surface area contributed by atoms with Crippen molar-refractivity contribution in [1.82, 2.24) is 15.5 Å². The molecule has 148 valence electrons. The van der Waals surface area contributed by atoms with E-state index in [-0.39, 0.29) is 29.8 Å². The minimum atomic E-state index is -0.842. The first-order valence-corrected chi connectivity index (χ1v) is 10.0. The fraction of sp³-hybridized carbons (Fsp3) is 0.850. The molecule has 1 saturated carbocycles. The maximum Gasteiger partial charge on any atom is 0.325 e. The summed E-state index contributed by atoms with van der Waals surface area (Å²) < 4.78 is 0. The summed E-state index contributed by atoms with van der Waals surface area (Å²) in [6.07, 6.45) is 6.57. The van der Waals surface area contributed by atoms with Crippen LogP contribution in [0.2, 0.25) is 0 Å². The van der Waals surface area contributed by atoms with E-state index in [0.717, 1.165) is 37.0 Å². The zero-order valence-corrected chi connectivity index (χ0v) is 17.0. The van der Waals surface area contributed by atoms with Crippen molar-refractivity contribution >= 4 is 17.8 Å². The quantitative estimate of drug-likeness (QED) is 0.537. The minimum absolute atomic E-state index is 0.00727. The highest BCUT2D eigenvalue weighted by atomic mass is 16.2. The topological polar surface area (TPSA) is 78.5 Å². The summed E-state index contributed by atoms with van der Waals surface area (Å²) in [5, 5.41) is 5.82. The fourth-order valence-electron chi connectivity index (χ4n) is 4.89. The summed E-state index contributed by atoms with van der Waals surface area (Å²) in [4.78, 5) is 38.9. The van der Waals surface area contributed by atoms with Crippen LogP contribution in [0.25, 0.3) is 0 Å². The van der Waals surface area contributed by atoms with Crippen molar-refractivity contribution in [1.29, 1.82) is 0 Å². The molecule has 1 aliphatic carbocycles. The Labute approximate surface area is 157 Å². The second-order valence-corrected chi connectivity index (χ2v) is 9.22. The number of carbonyl (C=O) groups excluding carboxylic acids is 3. The van der Waals surface area contributed by atoms with E-state index >= 15 is 0 Å². The van der Waals surface area contributed by atoms with E-state index in [9.17, 15) is 14.4 Å². The summed E-state index contributed by atoms with van der Waals surface area (Å²) >= 11 is 0. The van der Waals surface area contributed by atoms with Crippen molar-refractivity contribution in [2.45, 2.75) is 91.1 Å². The van der Waals surface area contributed by atoms with E-state index in [1.54, 1.807) is 0 Å². The molecule has 4 amide bonds. The average molecular weight is 366 g/mol. The maximum absolute atomic E-state index is 13.0. The number of hydrogen-bond donors (Lipinski definition) is 2. The largest absolute Gasteiger partial charge is 0.352 e. The number of nitrogens with one attached hydrogen (secondary N) is 2. The number of imide groups is 1. The van der Waals surface area contributed by atoms with Crippen LogP contribution in [0.5, 0.6) is 0 Å². The smallest absolute Gasteiger partial charge is 0.325 e. The third-order valence-corrected chi connectivity index (χ3v) is 5.57. The Morgan fingerprint density at radius 3 is 2.62 bits per heavy atom. The second kappa shape index (κ2) is 7.97. The normalized spacial score (nSPS) is 29.0. The molecule has 1 aliphatic heterocycles. The first-order chi connectivity index (χ1) is 12.1. The highest BCUT2D eigenvalue weighted by molar-refractivity contribution is 6.09. The van der Waals surface area contributed by atoms with Crippen LogP contribution in [0.1, 0.15) is 79.6 Å². The van der Waals surface area contributed by atoms with Crippen LogP contribution < -0.4 is 10.6 Å². The summed E-state index contributed by atoms with van der Waals surface area (Å²) in [5.41, 5.74) is -0.849. The van der Waals surface area contributed by atoms with Gasteiger partial charge < -0.3 is 10.6 Å². The number of carbonyl (C=O) groups is 3. The Kier molecular flexibility index (Phi) is 6.35. The van der Waals surface area contributed by atoms with E-state index < -0.39 is 11.6 Å². The van der Waals surface area contributed by atoms with Gasteiger partial charge in [-0.25, -0.2) is 4.79 Å². The fourth-order valence-corrected chi connectivity index (χ4v) is 4.89. The van der Waals surface area contributed by atoms with Crippen molar-refractivity contribution in [3.05, 3.63) is 0 Å². The first-order valence-electron chi connectivity index (χ1n) is 10.0. The number of amides is 4. The van der Waals surface area contributed by atoms with Crippen LogP contribution in [0.15, 0.2) is 0 Å². The molecule has 0 radical (unpaired) electrons. The van der Waals surface area contributed by atoms with Gasteiger partial charge in [-0.05, 0) is 43.9 Å². The van der Waals surface area contributed by atoms with Crippen LogP contribution in [0.3, 0.4) is 0 Å². The average Bonchev–Trinajstić information content (AvgIpc) is 2.69. The number of hydrogen-bond acceptors (Lipinski definition) is 3. The molecule has 2 aliphatic rings. The van der Waals surface area contributed by atoms with Gasteiger partial charge in [0.2, 0.25) is 5.91 Å². The van der Waals surface area contributed by atoms with Gasteiger partial charge in [-0.1, -0.05) is 47.0 Å². The molecule has 6 nitrogen and oxygen atoms in total. The molecular formula is C20H35N3O3. The van der Waals surface area contributed by atoms with Crippen molar-refractivity contribution in [2.75, 3.05) is 6.54 Å². The number of urea groups is 1. The Bertz CT molecular complexity index is 561. The van der Waals surface area contributed by atoms with Gasteiger partial charge in [-0.3, -0.25) is 14.5 Å². The van der Waals surface area contributed by atoms with E-state index in [0.29, 0.717) is 18.8 Å². The molecule has 3 unspecified atom stereocenters. The Balaban J connectivity index is 1.97. The van der Waals surface area contributed by atoms with E-state index in [1.165, 1.54) is 0 Å². The van der Waals surface area contributed by atoms with Crippen molar-refractivity contribution in [3.63, 3.8) is 0 Å². The third kappa shape index (κ3) is 4.77. The molecule has 2 fully saturated rings. The van der Waals surface area contributed by atoms with Crippen LogP contribution in [-0.2, 0) is 9.59 Å². The highest BCUT2D eigenvalue weighted by Gasteiger charge is 2.56.